The van der Waals surface area contributed by atoms with Gasteiger partial charge in [0.05, 0.1) is 25.4 Å². The van der Waals surface area contributed by atoms with E-state index in [-0.39, 0.29) is 17.3 Å². The SMILES string of the molecule is C[C@H]1CC[C@@]2(OC1)O[C@H]1C[C@H]3[C@@H]4CC[C@@H]5C[C@@H](O[C@H]6O[C@@H](CO)[C@H](O)[C@@H](O)[C@@H]6O)CC[C@]5(C)[C@H]4CC[C@]3(C)[C@H]1[C@@H]2C. The molecule has 0 unspecified atom stereocenters. The smallest absolute Gasteiger partial charge is 0.186 e. The predicted octanol–water partition coefficient (Wildman–Crippen LogP) is 3.62. The fraction of sp³-hybridized carbons (Fsp3) is 1.00. The van der Waals surface area contributed by atoms with E-state index in [0.717, 1.165) is 50.0 Å². The van der Waals surface area contributed by atoms with Gasteiger partial charge in [-0.2, -0.15) is 0 Å². The van der Waals surface area contributed by atoms with Crippen LogP contribution in [0.4, 0.5) is 0 Å². The highest BCUT2D eigenvalue weighted by atomic mass is 16.7. The summed E-state index contributed by atoms with van der Waals surface area (Å²) < 4.78 is 25.4. The molecule has 3 heterocycles. The number of aliphatic hydroxyl groups is 4. The third-order valence-electron chi connectivity index (χ3n) is 14.1. The van der Waals surface area contributed by atoms with Crippen molar-refractivity contribution in [2.75, 3.05) is 13.2 Å². The molecule has 0 amide bonds. The van der Waals surface area contributed by atoms with Crippen LogP contribution in [0.5, 0.6) is 0 Å². The van der Waals surface area contributed by atoms with Gasteiger partial charge in [-0.05, 0) is 104 Å². The predicted molar refractivity (Wildman–Crippen MR) is 150 cm³/mol. The van der Waals surface area contributed by atoms with Gasteiger partial charge >= 0.3 is 0 Å². The Morgan fingerprint density at radius 2 is 1.61 bits per heavy atom. The quantitative estimate of drug-likeness (QED) is 0.375. The molecule has 4 N–H and O–H groups in total. The monoisotopic (exact) mass is 578 g/mol. The molecule has 0 bridgehead atoms. The molecule has 8 heteroatoms. The maximum Gasteiger partial charge on any atom is 0.186 e. The third-order valence-corrected chi connectivity index (χ3v) is 14.1. The minimum Gasteiger partial charge on any atom is -0.394 e. The zero-order valence-corrected chi connectivity index (χ0v) is 25.5. The average molecular weight is 579 g/mol. The van der Waals surface area contributed by atoms with Gasteiger partial charge in [-0.25, -0.2) is 0 Å². The molecule has 8 nitrogen and oxygen atoms in total. The van der Waals surface area contributed by atoms with Crippen LogP contribution in [0, 0.1) is 52.3 Å². The maximum absolute atomic E-state index is 10.5. The fourth-order valence-electron chi connectivity index (χ4n) is 11.7. The second kappa shape index (κ2) is 10.4. The Hall–Kier alpha value is -0.320. The summed E-state index contributed by atoms with van der Waals surface area (Å²) >= 11 is 0. The van der Waals surface area contributed by atoms with Crippen LogP contribution in [-0.4, -0.2) is 82.3 Å². The Bertz CT molecular complexity index is 967. The lowest BCUT2D eigenvalue weighted by atomic mass is 9.44. The molecular weight excluding hydrogens is 524 g/mol. The first-order valence-corrected chi connectivity index (χ1v) is 16.8. The molecule has 1 spiro atoms. The molecule has 0 aromatic rings. The van der Waals surface area contributed by atoms with E-state index in [1.165, 1.54) is 38.5 Å². The van der Waals surface area contributed by atoms with Crippen LogP contribution in [0.2, 0.25) is 0 Å². The molecule has 0 aromatic carbocycles. The van der Waals surface area contributed by atoms with Gasteiger partial charge in [0.15, 0.2) is 12.1 Å². The van der Waals surface area contributed by atoms with E-state index in [1.807, 2.05) is 0 Å². The molecule has 17 atom stereocenters. The maximum atomic E-state index is 10.5. The lowest BCUT2D eigenvalue weighted by Gasteiger charge is -2.61. The van der Waals surface area contributed by atoms with Crippen molar-refractivity contribution in [3.05, 3.63) is 0 Å². The van der Waals surface area contributed by atoms with Gasteiger partial charge < -0.3 is 39.4 Å². The summed E-state index contributed by atoms with van der Waals surface area (Å²) in [5.41, 5.74) is 0.612. The van der Waals surface area contributed by atoms with Gasteiger partial charge in [-0.1, -0.05) is 27.7 Å². The van der Waals surface area contributed by atoms with Crippen LogP contribution in [-0.2, 0) is 18.9 Å². The molecule has 3 aliphatic heterocycles. The van der Waals surface area contributed by atoms with Crippen LogP contribution in [0.25, 0.3) is 0 Å². The Morgan fingerprint density at radius 1 is 0.829 bits per heavy atom. The molecule has 41 heavy (non-hydrogen) atoms. The highest BCUT2D eigenvalue weighted by Gasteiger charge is 2.69. The van der Waals surface area contributed by atoms with Crippen molar-refractivity contribution in [1.29, 1.82) is 0 Å². The number of aliphatic hydroxyl groups excluding tert-OH is 4. The van der Waals surface area contributed by atoms with Crippen LogP contribution >= 0.6 is 0 Å². The zero-order chi connectivity index (χ0) is 28.9. The van der Waals surface area contributed by atoms with E-state index in [4.69, 9.17) is 18.9 Å². The van der Waals surface area contributed by atoms with E-state index in [2.05, 4.69) is 27.7 Å². The molecule has 3 saturated heterocycles. The highest BCUT2D eigenvalue weighted by Crippen LogP contribution is 2.71. The summed E-state index contributed by atoms with van der Waals surface area (Å²) in [5.74, 6) is 4.08. The first-order chi connectivity index (χ1) is 19.5. The summed E-state index contributed by atoms with van der Waals surface area (Å²) in [6.45, 7) is 10.3. The van der Waals surface area contributed by atoms with Crippen molar-refractivity contribution < 1.29 is 39.4 Å². The first kappa shape index (κ1) is 29.4. The van der Waals surface area contributed by atoms with E-state index in [0.29, 0.717) is 35.2 Å². The van der Waals surface area contributed by atoms with Crippen molar-refractivity contribution in [2.45, 2.75) is 141 Å². The molecule has 4 saturated carbocycles. The Morgan fingerprint density at radius 3 is 2.34 bits per heavy atom. The van der Waals surface area contributed by atoms with Crippen molar-refractivity contribution in [2.24, 2.45) is 52.3 Å². The van der Waals surface area contributed by atoms with E-state index in [9.17, 15) is 20.4 Å². The molecule has 7 fully saturated rings. The number of hydrogen-bond donors (Lipinski definition) is 4. The van der Waals surface area contributed by atoms with Crippen LogP contribution in [0.3, 0.4) is 0 Å². The summed E-state index contributed by atoms with van der Waals surface area (Å²) in [5, 5.41) is 40.4. The Kier molecular flexibility index (Phi) is 7.43. The Balaban J connectivity index is 1.03. The molecular formula is C33H54O8. The van der Waals surface area contributed by atoms with E-state index >= 15 is 0 Å². The summed E-state index contributed by atoms with van der Waals surface area (Å²) in [4.78, 5) is 0. The second-order valence-corrected chi connectivity index (χ2v) is 15.9. The molecule has 7 rings (SSSR count). The minimum absolute atomic E-state index is 0.0607. The van der Waals surface area contributed by atoms with Crippen LogP contribution in [0.15, 0.2) is 0 Å². The van der Waals surface area contributed by atoms with Crippen molar-refractivity contribution >= 4 is 0 Å². The van der Waals surface area contributed by atoms with Gasteiger partial charge in [-0.15, -0.1) is 0 Å². The van der Waals surface area contributed by atoms with Gasteiger partial charge in [0.2, 0.25) is 0 Å². The normalized spacial score (nSPS) is 60.3. The summed E-state index contributed by atoms with van der Waals surface area (Å²) in [6.07, 6.45) is 5.64. The van der Waals surface area contributed by atoms with Gasteiger partial charge in [-0.3, -0.25) is 0 Å². The lowest BCUT2D eigenvalue weighted by molar-refractivity contribution is -0.316. The van der Waals surface area contributed by atoms with Crippen molar-refractivity contribution in [1.82, 2.24) is 0 Å². The van der Waals surface area contributed by atoms with Gasteiger partial charge in [0, 0.05) is 12.3 Å². The van der Waals surface area contributed by atoms with Gasteiger partial charge in [0.1, 0.15) is 24.4 Å². The Labute approximate surface area is 245 Å². The van der Waals surface area contributed by atoms with Crippen LogP contribution < -0.4 is 0 Å². The zero-order valence-electron chi connectivity index (χ0n) is 25.5. The van der Waals surface area contributed by atoms with Crippen LogP contribution in [0.1, 0.15) is 91.9 Å². The van der Waals surface area contributed by atoms with Crippen molar-refractivity contribution in [3.63, 3.8) is 0 Å². The molecule has 0 aromatic heterocycles. The van der Waals surface area contributed by atoms with E-state index < -0.39 is 37.3 Å². The van der Waals surface area contributed by atoms with Gasteiger partial charge in [0.25, 0.3) is 0 Å². The molecule has 7 aliphatic rings. The number of ether oxygens (including phenoxy) is 4. The standard InChI is InChI=1S/C33H54O8/c1-17-7-12-33(38-16-17)18(2)26-24(41-33)14-23-21-6-5-19-13-20(8-10-31(19,3)22(21)9-11-32(23,26)4)39-30-29(37)28(36)27(35)25(15-34)40-30/h17-30,34-37H,5-16H2,1-4H3/t17-,18-,19+,20-,21+,22-,23-,24-,25-,26-,27-,28+,29-,30-,31-,32-,33+/m0/s1. The number of hydrogen-bond acceptors (Lipinski definition) is 8. The second-order valence-electron chi connectivity index (χ2n) is 15.9. The van der Waals surface area contributed by atoms with E-state index in [1.54, 1.807) is 0 Å². The summed E-state index contributed by atoms with van der Waals surface area (Å²) in [7, 11) is 0. The first-order valence-electron chi connectivity index (χ1n) is 16.8. The third kappa shape index (κ3) is 4.36. The summed E-state index contributed by atoms with van der Waals surface area (Å²) in [6, 6.07) is 0. The molecule has 0 radical (unpaired) electrons. The fourth-order valence-corrected chi connectivity index (χ4v) is 11.7. The average Bonchev–Trinajstić information content (AvgIpc) is 3.40. The molecule has 4 aliphatic carbocycles. The topological polar surface area (TPSA) is 118 Å². The number of fused-ring (bicyclic) bond motifs is 7. The lowest BCUT2D eigenvalue weighted by Crippen LogP contribution is -2.60. The highest BCUT2D eigenvalue weighted by molar-refractivity contribution is 5.15. The minimum atomic E-state index is -1.40. The molecule has 234 valence electrons. The number of rotatable bonds is 3. The van der Waals surface area contributed by atoms with Crippen molar-refractivity contribution in [3.8, 4) is 0 Å². The largest absolute Gasteiger partial charge is 0.394 e.